The molecule has 1 saturated carbocycles. The van der Waals surface area contributed by atoms with Crippen LogP contribution >= 0.6 is 0 Å². The number of unbranched alkanes of at least 4 members (excludes halogenated alkanes) is 3. The second-order valence-electron chi connectivity index (χ2n) is 8.18. The molecule has 1 aliphatic carbocycles. The first-order valence-electron chi connectivity index (χ1n) is 10.7. The van der Waals surface area contributed by atoms with Crippen molar-refractivity contribution in [3.8, 4) is 0 Å². The molecule has 0 aliphatic heterocycles. The number of Topliss-reactive ketones (excluding diaryl/α,β-unsaturated/α-hetero) is 1. The fraction of sp³-hybridized carbons (Fsp3) is 0.636. The van der Waals surface area contributed by atoms with Gasteiger partial charge in [-0.15, -0.1) is 10.2 Å². The van der Waals surface area contributed by atoms with E-state index in [9.17, 15) is 9.90 Å². The molecule has 0 radical (unpaired) electrons. The number of rotatable bonds is 12. The number of ketones is 1. The normalized spacial score (nSPS) is 20.5. The number of aromatic amines is 1. The van der Waals surface area contributed by atoms with Crippen LogP contribution in [0, 0.1) is 5.41 Å². The summed E-state index contributed by atoms with van der Waals surface area (Å²) in [6.45, 7) is 0. The van der Waals surface area contributed by atoms with Crippen molar-refractivity contribution in [2.24, 2.45) is 5.41 Å². The number of H-pyrrole nitrogens is 1. The molecule has 28 heavy (non-hydrogen) atoms. The molecule has 1 aromatic carbocycles. The van der Waals surface area contributed by atoms with Crippen LogP contribution in [0.5, 0.6) is 0 Å². The number of nitrogens with zero attached hydrogens (tertiary/aromatic N) is 3. The maximum Gasteiger partial charge on any atom is 0.174 e. The molecule has 2 aromatic rings. The van der Waals surface area contributed by atoms with Crippen LogP contribution in [0.15, 0.2) is 30.3 Å². The summed E-state index contributed by atoms with van der Waals surface area (Å²) >= 11 is 0. The molecule has 1 heterocycles. The second kappa shape index (κ2) is 10.5. The molecule has 6 nitrogen and oxygen atoms in total. The number of carbonyl (C=O) groups is 1. The van der Waals surface area contributed by atoms with Crippen molar-refractivity contribution in [1.29, 1.82) is 0 Å². The van der Waals surface area contributed by atoms with Crippen molar-refractivity contribution >= 4 is 5.78 Å². The van der Waals surface area contributed by atoms with E-state index in [-0.39, 0.29) is 11.5 Å². The van der Waals surface area contributed by atoms with Gasteiger partial charge >= 0.3 is 0 Å². The van der Waals surface area contributed by atoms with Gasteiger partial charge in [0.1, 0.15) is 5.78 Å². The molecule has 2 atom stereocenters. The van der Waals surface area contributed by atoms with Gasteiger partial charge < -0.3 is 5.11 Å². The third kappa shape index (κ3) is 5.96. The first kappa shape index (κ1) is 20.6. The molecule has 2 N–H and O–H groups in total. The molecule has 152 valence electrons. The Labute approximate surface area is 167 Å². The predicted octanol–water partition coefficient (Wildman–Crippen LogP) is 3.82. The summed E-state index contributed by atoms with van der Waals surface area (Å²) < 4.78 is 0. The molecule has 0 spiro atoms. The Kier molecular flexibility index (Phi) is 7.71. The minimum atomic E-state index is -0.373. The molecule has 3 rings (SSSR count). The molecular weight excluding hydrogens is 352 g/mol. The van der Waals surface area contributed by atoms with Crippen LogP contribution < -0.4 is 0 Å². The second-order valence-corrected chi connectivity index (χ2v) is 8.18. The molecule has 1 aliphatic rings. The van der Waals surface area contributed by atoms with Gasteiger partial charge in [0.25, 0.3) is 0 Å². The van der Waals surface area contributed by atoms with Gasteiger partial charge in [-0.05, 0) is 50.5 Å². The first-order chi connectivity index (χ1) is 13.7. The van der Waals surface area contributed by atoms with Crippen molar-refractivity contribution in [1.82, 2.24) is 20.6 Å². The van der Waals surface area contributed by atoms with E-state index >= 15 is 0 Å². The van der Waals surface area contributed by atoms with Crippen LogP contribution in [-0.2, 0) is 17.6 Å². The Morgan fingerprint density at radius 2 is 1.93 bits per heavy atom. The number of nitrogens with one attached hydrogen (secondary N) is 1. The van der Waals surface area contributed by atoms with Crippen molar-refractivity contribution in [2.75, 3.05) is 0 Å². The van der Waals surface area contributed by atoms with Gasteiger partial charge in [0.15, 0.2) is 5.82 Å². The summed E-state index contributed by atoms with van der Waals surface area (Å²) in [5, 5.41) is 24.5. The van der Waals surface area contributed by atoms with Crippen LogP contribution in [0.4, 0.5) is 0 Å². The lowest BCUT2D eigenvalue weighted by Gasteiger charge is -2.28. The molecular formula is C22H32N4O2. The lowest BCUT2D eigenvalue weighted by molar-refractivity contribution is -0.126. The highest BCUT2D eigenvalue weighted by Gasteiger charge is 2.40. The molecule has 0 bridgehead atoms. The van der Waals surface area contributed by atoms with E-state index in [1.54, 1.807) is 0 Å². The summed E-state index contributed by atoms with van der Waals surface area (Å²) in [6, 6.07) is 10.1. The van der Waals surface area contributed by atoms with Gasteiger partial charge in [-0.2, -0.15) is 5.21 Å². The van der Waals surface area contributed by atoms with Crippen LogP contribution in [0.1, 0.15) is 75.6 Å². The van der Waals surface area contributed by atoms with Gasteiger partial charge in [-0.3, -0.25) is 4.79 Å². The summed E-state index contributed by atoms with van der Waals surface area (Å²) in [5.74, 6) is 1.20. The molecule has 0 saturated heterocycles. The highest BCUT2D eigenvalue weighted by atomic mass is 16.3. The maximum atomic E-state index is 12.6. The SMILES string of the molecule is O=C1CCCC1(CCCCCCc1nn[nH]n1)CCC(O)Cc1ccccc1. The number of benzene rings is 1. The minimum Gasteiger partial charge on any atom is -0.393 e. The zero-order valence-electron chi connectivity index (χ0n) is 16.6. The quantitative estimate of drug-likeness (QED) is 0.543. The fourth-order valence-electron chi connectivity index (χ4n) is 4.47. The zero-order valence-corrected chi connectivity index (χ0v) is 16.6. The minimum absolute atomic E-state index is 0.189. The van der Waals surface area contributed by atoms with Crippen LogP contribution in [0.2, 0.25) is 0 Å². The van der Waals surface area contributed by atoms with Gasteiger partial charge in [-0.25, -0.2) is 0 Å². The van der Waals surface area contributed by atoms with Gasteiger partial charge in [-0.1, -0.05) is 54.8 Å². The van der Waals surface area contributed by atoms with Crippen molar-refractivity contribution in [3.63, 3.8) is 0 Å². The number of hydrogen-bond donors (Lipinski definition) is 2. The third-order valence-electron chi connectivity index (χ3n) is 6.12. The van der Waals surface area contributed by atoms with Gasteiger partial charge in [0.05, 0.1) is 6.10 Å². The van der Waals surface area contributed by atoms with E-state index in [0.717, 1.165) is 69.2 Å². The number of hydrogen-bond acceptors (Lipinski definition) is 5. The first-order valence-corrected chi connectivity index (χ1v) is 10.7. The molecule has 0 amide bonds. The van der Waals surface area contributed by atoms with Gasteiger partial charge in [0.2, 0.25) is 0 Å². The van der Waals surface area contributed by atoms with E-state index in [1.165, 1.54) is 0 Å². The van der Waals surface area contributed by atoms with Crippen molar-refractivity contribution in [2.45, 2.75) is 83.2 Å². The fourth-order valence-corrected chi connectivity index (χ4v) is 4.47. The number of aliphatic hydroxyl groups is 1. The summed E-state index contributed by atoms with van der Waals surface area (Å²) in [6.07, 6.45) is 10.7. The Balaban J connectivity index is 1.40. The van der Waals surface area contributed by atoms with E-state index in [0.29, 0.717) is 25.0 Å². The van der Waals surface area contributed by atoms with Crippen LogP contribution in [-0.4, -0.2) is 37.6 Å². The third-order valence-corrected chi connectivity index (χ3v) is 6.12. The van der Waals surface area contributed by atoms with Gasteiger partial charge in [0, 0.05) is 18.3 Å². The van der Waals surface area contributed by atoms with E-state index in [2.05, 4.69) is 20.6 Å². The topological polar surface area (TPSA) is 91.8 Å². The smallest absolute Gasteiger partial charge is 0.174 e. The number of aliphatic hydroxyl groups excluding tert-OH is 1. The summed E-state index contributed by atoms with van der Waals surface area (Å²) in [4.78, 5) is 12.6. The Hall–Kier alpha value is -2.08. The van der Waals surface area contributed by atoms with Crippen molar-refractivity contribution in [3.05, 3.63) is 41.7 Å². The highest BCUT2D eigenvalue weighted by Crippen LogP contribution is 2.43. The highest BCUT2D eigenvalue weighted by molar-refractivity contribution is 5.86. The molecule has 6 heteroatoms. The average Bonchev–Trinajstić information content (AvgIpc) is 3.34. The van der Waals surface area contributed by atoms with Crippen molar-refractivity contribution < 1.29 is 9.90 Å². The Bertz CT molecular complexity index is 705. The number of tetrazole rings is 1. The monoisotopic (exact) mass is 384 g/mol. The maximum absolute atomic E-state index is 12.6. The molecule has 1 fully saturated rings. The zero-order chi connectivity index (χ0) is 19.7. The van der Waals surface area contributed by atoms with Crippen LogP contribution in [0.25, 0.3) is 0 Å². The molecule has 1 aromatic heterocycles. The van der Waals surface area contributed by atoms with E-state index < -0.39 is 0 Å². The summed E-state index contributed by atoms with van der Waals surface area (Å²) in [7, 11) is 0. The lowest BCUT2D eigenvalue weighted by atomic mass is 9.75. The largest absolute Gasteiger partial charge is 0.393 e. The number of aryl methyl sites for hydroxylation is 1. The standard InChI is InChI=1S/C22H32N4O2/c27-19(17-18-9-4-3-5-10-18)13-16-22(15-8-11-20(22)28)14-7-2-1-6-12-21-23-25-26-24-21/h3-5,9-10,19,27H,1-2,6-8,11-17H2,(H,23,24,25,26). The van der Waals surface area contributed by atoms with Crippen LogP contribution in [0.3, 0.4) is 0 Å². The summed E-state index contributed by atoms with van der Waals surface area (Å²) in [5.41, 5.74) is 0.967. The predicted molar refractivity (Wildman–Crippen MR) is 108 cm³/mol. The van der Waals surface area contributed by atoms with E-state index in [4.69, 9.17) is 0 Å². The number of aromatic nitrogens is 4. The average molecular weight is 385 g/mol. The number of carbonyl (C=O) groups excluding carboxylic acids is 1. The Morgan fingerprint density at radius 1 is 1.11 bits per heavy atom. The Morgan fingerprint density at radius 3 is 2.64 bits per heavy atom. The molecule has 2 unspecified atom stereocenters. The lowest BCUT2D eigenvalue weighted by Crippen LogP contribution is -2.28. The van der Waals surface area contributed by atoms with E-state index in [1.807, 2.05) is 30.3 Å².